The van der Waals surface area contributed by atoms with Crippen molar-refractivity contribution in [3.8, 4) is 5.75 Å². The summed E-state index contributed by atoms with van der Waals surface area (Å²) in [6.07, 6.45) is 0. The van der Waals surface area contributed by atoms with Gasteiger partial charge in [0.25, 0.3) is 0 Å². The first-order valence-electron chi connectivity index (χ1n) is 7.43. The SMILES string of the molecule is Cc1ccccc1OCCNC(=O)C(C)(N)c1ccc(Br)cc1.Cl. The number of nitrogens with one attached hydrogen (secondary N) is 1. The summed E-state index contributed by atoms with van der Waals surface area (Å²) in [6.45, 7) is 4.48. The van der Waals surface area contributed by atoms with Crippen LogP contribution in [0.25, 0.3) is 0 Å². The molecule has 3 N–H and O–H groups in total. The van der Waals surface area contributed by atoms with Crippen LogP contribution < -0.4 is 15.8 Å². The summed E-state index contributed by atoms with van der Waals surface area (Å²) >= 11 is 3.37. The summed E-state index contributed by atoms with van der Waals surface area (Å²) in [4.78, 5) is 12.3. The third-order valence-corrected chi connectivity index (χ3v) is 4.18. The molecule has 24 heavy (non-hydrogen) atoms. The van der Waals surface area contributed by atoms with Gasteiger partial charge in [0.05, 0.1) is 6.54 Å². The van der Waals surface area contributed by atoms with Crippen LogP contribution in [0.5, 0.6) is 5.75 Å². The Morgan fingerprint density at radius 2 is 1.83 bits per heavy atom. The van der Waals surface area contributed by atoms with Gasteiger partial charge in [-0.25, -0.2) is 0 Å². The molecule has 0 aliphatic heterocycles. The smallest absolute Gasteiger partial charge is 0.244 e. The van der Waals surface area contributed by atoms with Crippen molar-refractivity contribution in [1.29, 1.82) is 0 Å². The lowest BCUT2D eigenvalue weighted by molar-refractivity contribution is -0.126. The number of carbonyl (C=O) groups excluding carboxylic acids is 1. The van der Waals surface area contributed by atoms with Crippen LogP contribution in [0.3, 0.4) is 0 Å². The van der Waals surface area contributed by atoms with Crippen LogP contribution in [-0.4, -0.2) is 19.1 Å². The summed E-state index contributed by atoms with van der Waals surface area (Å²) < 4.78 is 6.61. The van der Waals surface area contributed by atoms with Crippen LogP contribution in [-0.2, 0) is 10.3 Å². The van der Waals surface area contributed by atoms with Crippen LogP contribution >= 0.6 is 28.3 Å². The number of nitrogens with two attached hydrogens (primary N) is 1. The summed E-state index contributed by atoms with van der Waals surface area (Å²) in [7, 11) is 0. The van der Waals surface area contributed by atoms with Crippen molar-refractivity contribution >= 4 is 34.2 Å². The van der Waals surface area contributed by atoms with Crippen molar-refractivity contribution in [3.63, 3.8) is 0 Å². The van der Waals surface area contributed by atoms with E-state index in [4.69, 9.17) is 10.5 Å². The molecule has 0 heterocycles. The third-order valence-electron chi connectivity index (χ3n) is 3.65. The van der Waals surface area contributed by atoms with Crippen LogP contribution in [0.2, 0.25) is 0 Å². The van der Waals surface area contributed by atoms with Gasteiger partial charge >= 0.3 is 0 Å². The number of hydrogen-bond acceptors (Lipinski definition) is 3. The Hall–Kier alpha value is -1.56. The first kappa shape index (κ1) is 20.5. The first-order chi connectivity index (χ1) is 10.9. The van der Waals surface area contributed by atoms with Gasteiger partial charge in [0.15, 0.2) is 0 Å². The van der Waals surface area contributed by atoms with E-state index in [9.17, 15) is 4.79 Å². The number of amides is 1. The maximum atomic E-state index is 12.3. The number of halogens is 2. The van der Waals surface area contributed by atoms with Crippen LogP contribution in [0.4, 0.5) is 0 Å². The van der Waals surface area contributed by atoms with Gasteiger partial charge in [-0.3, -0.25) is 4.79 Å². The van der Waals surface area contributed by atoms with Crippen molar-refractivity contribution in [2.75, 3.05) is 13.2 Å². The molecule has 0 bridgehead atoms. The van der Waals surface area contributed by atoms with E-state index in [-0.39, 0.29) is 18.3 Å². The highest BCUT2D eigenvalue weighted by molar-refractivity contribution is 9.10. The molecule has 0 aromatic heterocycles. The maximum absolute atomic E-state index is 12.3. The number of rotatable bonds is 6. The van der Waals surface area contributed by atoms with E-state index >= 15 is 0 Å². The molecule has 0 aliphatic rings. The Morgan fingerprint density at radius 3 is 2.46 bits per heavy atom. The highest BCUT2D eigenvalue weighted by atomic mass is 79.9. The van der Waals surface area contributed by atoms with E-state index in [0.29, 0.717) is 13.2 Å². The molecule has 0 aliphatic carbocycles. The predicted octanol–water partition coefficient (Wildman–Crippen LogP) is 3.55. The lowest BCUT2D eigenvalue weighted by Crippen LogP contribution is -2.49. The fourth-order valence-corrected chi connectivity index (χ4v) is 2.42. The fourth-order valence-electron chi connectivity index (χ4n) is 2.15. The van der Waals surface area contributed by atoms with Gasteiger partial charge < -0.3 is 15.8 Å². The Balaban J connectivity index is 0.00000288. The highest BCUT2D eigenvalue weighted by Gasteiger charge is 2.30. The average Bonchev–Trinajstić information content (AvgIpc) is 2.53. The second-order valence-corrected chi connectivity index (χ2v) is 6.49. The minimum Gasteiger partial charge on any atom is -0.491 e. The average molecular weight is 414 g/mol. The van der Waals surface area contributed by atoms with E-state index in [0.717, 1.165) is 21.3 Å². The van der Waals surface area contributed by atoms with Gasteiger partial charge in [0.2, 0.25) is 5.91 Å². The minimum atomic E-state index is -1.08. The number of benzene rings is 2. The molecule has 0 saturated heterocycles. The van der Waals surface area contributed by atoms with Crippen molar-refractivity contribution in [3.05, 3.63) is 64.1 Å². The van der Waals surface area contributed by atoms with E-state index in [1.807, 2.05) is 55.5 Å². The number of aryl methyl sites for hydroxylation is 1. The molecule has 1 atom stereocenters. The zero-order valence-corrected chi connectivity index (χ0v) is 16.1. The summed E-state index contributed by atoms with van der Waals surface area (Å²) in [5.41, 5.74) is 6.93. The van der Waals surface area contributed by atoms with Gasteiger partial charge in [0, 0.05) is 4.47 Å². The third kappa shape index (κ3) is 5.23. The summed E-state index contributed by atoms with van der Waals surface area (Å²) in [5.74, 6) is 0.596. The van der Waals surface area contributed by atoms with Gasteiger partial charge in [0.1, 0.15) is 17.9 Å². The predicted molar refractivity (Wildman–Crippen MR) is 103 cm³/mol. The van der Waals surface area contributed by atoms with Crippen molar-refractivity contribution in [1.82, 2.24) is 5.32 Å². The summed E-state index contributed by atoms with van der Waals surface area (Å²) in [6, 6.07) is 15.2. The quantitative estimate of drug-likeness (QED) is 0.712. The zero-order valence-electron chi connectivity index (χ0n) is 13.7. The normalized spacial score (nSPS) is 12.7. The first-order valence-corrected chi connectivity index (χ1v) is 8.22. The van der Waals surface area contributed by atoms with Gasteiger partial charge in [-0.15, -0.1) is 12.4 Å². The lowest BCUT2D eigenvalue weighted by Gasteiger charge is -2.24. The Kier molecular flexibility index (Phi) is 7.73. The van der Waals surface area contributed by atoms with E-state index in [2.05, 4.69) is 21.2 Å². The molecule has 1 amide bonds. The molecule has 2 aromatic carbocycles. The van der Waals surface area contributed by atoms with Crippen LogP contribution in [0, 0.1) is 6.92 Å². The topological polar surface area (TPSA) is 64.3 Å². The van der Waals surface area contributed by atoms with Crippen molar-refractivity contribution in [2.24, 2.45) is 5.73 Å². The number of ether oxygens (including phenoxy) is 1. The number of carbonyl (C=O) groups is 1. The van der Waals surface area contributed by atoms with Gasteiger partial charge in [-0.1, -0.05) is 46.3 Å². The van der Waals surface area contributed by atoms with Crippen molar-refractivity contribution < 1.29 is 9.53 Å². The number of para-hydroxylation sites is 1. The molecule has 2 aromatic rings. The molecular formula is C18H22BrClN2O2. The van der Waals surface area contributed by atoms with E-state index < -0.39 is 5.54 Å². The molecule has 0 saturated carbocycles. The Bertz CT molecular complexity index is 675. The largest absolute Gasteiger partial charge is 0.491 e. The second-order valence-electron chi connectivity index (χ2n) is 5.58. The van der Waals surface area contributed by atoms with Gasteiger partial charge in [-0.05, 0) is 43.2 Å². The zero-order chi connectivity index (χ0) is 16.9. The summed E-state index contributed by atoms with van der Waals surface area (Å²) in [5, 5.41) is 2.83. The molecular weight excluding hydrogens is 392 g/mol. The highest BCUT2D eigenvalue weighted by Crippen LogP contribution is 2.20. The molecule has 0 radical (unpaired) electrons. The molecule has 2 rings (SSSR count). The molecule has 1 unspecified atom stereocenters. The standard InChI is InChI=1S/C18H21BrN2O2.ClH/c1-13-5-3-4-6-16(13)23-12-11-21-17(22)18(2,20)14-7-9-15(19)10-8-14;/h3-10H,11-12,20H2,1-2H3,(H,21,22);1H. The van der Waals surface area contributed by atoms with Gasteiger partial charge in [-0.2, -0.15) is 0 Å². The van der Waals surface area contributed by atoms with Crippen LogP contribution in [0.15, 0.2) is 53.0 Å². The minimum absolute atomic E-state index is 0. The lowest BCUT2D eigenvalue weighted by atomic mass is 9.92. The second kappa shape index (κ2) is 9.06. The van der Waals surface area contributed by atoms with E-state index in [1.165, 1.54) is 0 Å². The molecule has 0 fully saturated rings. The Morgan fingerprint density at radius 1 is 1.21 bits per heavy atom. The molecule has 130 valence electrons. The maximum Gasteiger partial charge on any atom is 0.244 e. The Labute approximate surface area is 157 Å². The van der Waals surface area contributed by atoms with Crippen molar-refractivity contribution in [2.45, 2.75) is 19.4 Å². The monoisotopic (exact) mass is 412 g/mol. The number of hydrogen-bond donors (Lipinski definition) is 2. The molecule has 0 spiro atoms. The molecule has 4 nitrogen and oxygen atoms in total. The fraction of sp³-hybridized carbons (Fsp3) is 0.278. The van der Waals surface area contributed by atoms with E-state index in [1.54, 1.807) is 6.92 Å². The van der Waals surface area contributed by atoms with Crippen LogP contribution in [0.1, 0.15) is 18.1 Å². The molecule has 6 heteroatoms.